The molecule has 1 aromatic carbocycles. The second-order valence-corrected chi connectivity index (χ2v) is 9.37. The molecule has 0 bridgehead atoms. The van der Waals surface area contributed by atoms with E-state index < -0.39 is 0 Å². The number of carbonyl (C=O) groups excluding carboxylic acids is 2. The van der Waals surface area contributed by atoms with E-state index in [-0.39, 0.29) is 12.0 Å². The van der Waals surface area contributed by atoms with Crippen LogP contribution in [0.25, 0.3) is 0 Å². The van der Waals surface area contributed by atoms with Crippen LogP contribution in [0, 0.1) is 6.92 Å². The topological polar surface area (TPSA) is 66.2 Å². The molecule has 1 aromatic heterocycles. The standard InChI is InChI=1S/C27H37N3O4/c1-3-33-27(32)29-17-15-28(16-18-29)26(31)25-14-13-24(34-25)20-30(23-11-5-4-6-12-23)19-22-10-8-7-9-21(22)2/h7-10,13-14,23H,3-6,11-12,15-20H2,1-2H3. The van der Waals surface area contributed by atoms with Gasteiger partial charge in [-0.25, -0.2) is 4.79 Å². The van der Waals surface area contributed by atoms with Gasteiger partial charge in [0.2, 0.25) is 0 Å². The van der Waals surface area contributed by atoms with Gasteiger partial charge in [0.15, 0.2) is 5.76 Å². The Hall–Kier alpha value is -2.80. The van der Waals surface area contributed by atoms with Gasteiger partial charge in [0.05, 0.1) is 13.2 Å². The maximum absolute atomic E-state index is 13.0. The van der Waals surface area contributed by atoms with E-state index in [4.69, 9.17) is 9.15 Å². The second kappa shape index (κ2) is 11.6. The number of amides is 2. The molecule has 0 unspecified atom stereocenters. The number of furan rings is 1. The van der Waals surface area contributed by atoms with Crippen LogP contribution < -0.4 is 0 Å². The molecular formula is C27H37N3O4. The lowest BCUT2D eigenvalue weighted by Gasteiger charge is -2.34. The molecule has 4 rings (SSSR count). The highest BCUT2D eigenvalue weighted by Gasteiger charge is 2.28. The van der Waals surface area contributed by atoms with E-state index in [0.717, 1.165) is 12.3 Å². The van der Waals surface area contributed by atoms with E-state index in [1.165, 1.54) is 43.2 Å². The van der Waals surface area contributed by atoms with Crippen LogP contribution in [0.3, 0.4) is 0 Å². The fourth-order valence-corrected chi connectivity index (χ4v) is 5.01. The minimum atomic E-state index is -0.314. The molecule has 184 valence electrons. The van der Waals surface area contributed by atoms with Crippen molar-refractivity contribution in [3.05, 3.63) is 59.0 Å². The number of aryl methyl sites for hydroxylation is 1. The predicted molar refractivity (Wildman–Crippen MR) is 131 cm³/mol. The molecule has 2 aliphatic rings. The maximum atomic E-state index is 13.0. The molecule has 1 saturated heterocycles. The lowest BCUT2D eigenvalue weighted by molar-refractivity contribution is 0.0542. The third kappa shape index (κ3) is 6.00. The van der Waals surface area contributed by atoms with E-state index in [2.05, 4.69) is 36.1 Å². The Labute approximate surface area is 202 Å². The zero-order valence-corrected chi connectivity index (χ0v) is 20.5. The van der Waals surface area contributed by atoms with Crippen molar-refractivity contribution < 1.29 is 18.7 Å². The van der Waals surface area contributed by atoms with Crippen molar-refractivity contribution in [3.63, 3.8) is 0 Å². The molecule has 7 nitrogen and oxygen atoms in total. The number of carbonyl (C=O) groups is 2. The summed E-state index contributed by atoms with van der Waals surface area (Å²) in [5, 5.41) is 0. The zero-order chi connectivity index (χ0) is 23.9. The summed E-state index contributed by atoms with van der Waals surface area (Å²) in [6, 6.07) is 12.8. The fraction of sp³-hybridized carbons (Fsp3) is 0.556. The van der Waals surface area contributed by atoms with Gasteiger partial charge < -0.3 is 19.0 Å². The lowest BCUT2D eigenvalue weighted by Crippen LogP contribution is -2.50. The molecule has 7 heteroatoms. The average Bonchev–Trinajstić information content (AvgIpc) is 3.34. The highest BCUT2D eigenvalue weighted by Crippen LogP contribution is 2.27. The molecule has 2 amide bonds. The number of rotatable bonds is 7. The van der Waals surface area contributed by atoms with Crippen LogP contribution in [0.5, 0.6) is 0 Å². The van der Waals surface area contributed by atoms with E-state index in [1.54, 1.807) is 22.8 Å². The highest BCUT2D eigenvalue weighted by atomic mass is 16.6. The average molecular weight is 468 g/mol. The predicted octanol–water partition coefficient (Wildman–Crippen LogP) is 4.84. The van der Waals surface area contributed by atoms with Crippen molar-refractivity contribution in [2.24, 2.45) is 0 Å². The fourth-order valence-electron chi connectivity index (χ4n) is 5.01. The zero-order valence-electron chi connectivity index (χ0n) is 20.5. The van der Waals surface area contributed by atoms with Crippen LogP contribution >= 0.6 is 0 Å². The summed E-state index contributed by atoms with van der Waals surface area (Å²) in [6.07, 6.45) is 5.97. The molecule has 2 aromatic rings. The number of ether oxygens (including phenoxy) is 1. The van der Waals surface area contributed by atoms with E-state index in [9.17, 15) is 9.59 Å². The maximum Gasteiger partial charge on any atom is 0.409 e. The van der Waals surface area contributed by atoms with Gasteiger partial charge >= 0.3 is 6.09 Å². The number of piperazine rings is 1. The Morgan fingerprint density at radius 3 is 2.38 bits per heavy atom. The van der Waals surface area contributed by atoms with Crippen molar-refractivity contribution >= 4 is 12.0 Å². The SMILES string of the molecule is CCOC(=O)N1CCN(C(=O)c2ccc(CN(Cc3ccccc3C)C3CCCCC3)o2)CC1. The minimum absolute atomic E-state index is 0.113. The van der Waals surface area contributed by atoms with E-state index in [0.29, 0.717) is 51.1 Å². The molecule has 0 atom stereocenters. The van der Waals surface area contributed by atoms with Crippen LogP contribution in [0.4, 0.5) is 4.79 Å². The third-order valence-corrected chi connectivity index (χ3v) is 7.05. The molecule has 1 aliphatic heterocycles. The molecule has 1 saturated carbocycles. The largest absolute Gasteiger partial charge is 0.455 e. The van der Waals surface area contributed by atoms with Crippen LogP contribution in [0.1, 0.15) is 66.5 Å². The molecule has 2 heterocycles. The summed E-state index contributed by atoms with van der Waals surface area (Å²) in [5.74, 6) is 1.09. The van der Waals surface area contributed by atoms with Crippen LogP contribution in [-0.4, -0.2) is 65.5 Å². The molecule has 1 aliphatic carbocycles. The van der Waals surface area contributed by atoms with Crippen molar-refractivity contribution in [2.45, 2.75) is 65.1 Å². The van der Waals surface area contributed by atoms with Gasteiger partial charge in [-0.1, -0.05) is 43.5 Å². The number of benzene rings is 1. The molecule has 2 fully saturated rings. The van der Waals surface area contributed by atoms with E-state index in [1.807, 2.05) is 6.07 Å². The smallest absolute Gasteiger partial charge is 0.409 e. The minimum Gasteiger partial charge on any atom is -0.455 e. The molecule has 0 radical (unpaired) electrons. The molecule has 0 N–H and O–H groups in total. The number of hydrogen-bond acceptors (Lipinski definition) is 5. The van der Waals surface area contributed by atoms with Gasteiger partial charge in [-0.2, -0.15) is 0 Å². The summed E-state index contributed by atoms with van der Waals surface area (Å²) in [4.78, 5) is 30.9. The summed E-state index contributed by atoms with van der Waals surface area (Å²) < 4.78 is 11.1. The highest BCUT2D eigenvalue weighted by molar-refractivity contribution is 5.91. The first-order chi connectivity index (χ1) is 16.5. The monoisotopic (exact) mass is 467 g/mol. The first-order valence-electron chi connectivity index (χ1n) is 12.6. The second-order valence-electron chi connectivity index (χ2n) is 9.37. The number of hydrogen-bond donors (Lipinski definition) is 0. The van der Waals surface area contributed by atoms with Crippen molar-refractivity contribution in [1.29, 1.82) is 0 Å². The van der Waals surface area contributed by atoms with Crippen molar-refractivity contribution in [3.8, 4) is 0 Å². The quantitative estimate of drug-likeness (QED) is 0.583. The van der Waals surface area contributed by atoms with E-state index >= 15 is 0 Å². The molecule has 34 heavy (non-hydrogen) atoms. The Balaban J connectivity index is 1.39. The van der Waals surface area contributed by atoms with Gasteiger partial charge in [0.25, 0.3) is 5.91 Å². The van der Waals surface area contributed by atoms with Gasteiger partial charge in [-0.3, -0.25) is 9.69 Å². The Bertz CT molecular complexity index is 958. The number of nitrogens with zero attached hydrogens (tertiary/aromatic N) is 3. The van der Waals surface area contributed by atoms with Crippen molar-refractivity contribution in [1.82, 2.24) is 14.7 Å². The third-order valence-electron chi connectivity index (χ3n) is 7.05. The Morgan fingerprint density at radius 1 is 0.971 bits per heavy atom. The van der Waals surface area contributed by atoms with Crippen molar-refractivity contribution in [2.75, 3.05) is 32.8 Å². The Kier molecular flexibility index (Phi) is 8.27. The normalized spacial score (nSPS) is 17.3. The lowest BCUT2D eigenvalue weighted by atomic mass is 9.93. The van der Waals surface area contributed by atoms with Gasteiger partial charge in [0, 0.05) is 38.8 Å². The van der Waals surface area contributed by atoms with Crippen LogP contribution in [0.15, 0.2) is 40.8 Å². The first-order valence-corrected chi connectivity index (χ1v) is 12.6. The van der Waals surface area contributed by atoms with Gasteiger partial charge in [0.1, 0.15) is 5.76 Å². The summed E-state index contributed by atoms with van der Waals surface area (Å²) >= 11 is 0. The summed E-state index contributed by atoms with van der Waals surface area (Å²) in [5.41, 5.74) is 2.65. The van der Waals surface area contributed by atoms with Crippen LogP contribution in [0.2, 0.25) is 0 Å². The first kappa shape index (κ1) is 24.3. The van der Waals surface area contributed by atoms with Gasteiger partial charge in [-0.05, 0) is 49.9 Å². The molecular weight excluding hydrogens is 430 g/mol. The summed E-state index contributed by atoms with van der Waals surface area (Å²) in [7, 11) is 0. The van der Waals surface area contributed by atoms with Gasteiger partial charge in [-0.15, -0.1) is 0 Å². The molecule has 0 spiro atoms. The Morgan fingerprint density at radius 2 is 1.68 bits per heavy atom. The van der Waals surface area contributed by atoms with Crippen LogP contribution in [-0.2, 0) is 17.8 Å². The summed E-state index contributed by atoms with van der Waals surface area (Å²) in [6.45, 7) is 7.82.